The lowest BCUT2D eigenvalue weighted by molar-refractivity contribution is 0.469. The molecule has 0 heterocycles. The first kappa shape index (κ1) is 22.5. The Kier molecular flexibility index (Phi) is 36.0. The van der Waals surface area contributed by atoms with Crippen molar-refractivity contribution in [3.63, 3.8) is 0 Å². The lowest BCUT2D eigenvalue weighted by Crippen LogP contribution is -1.93. The van der Waals surface area contributed by atoms with Crippen LogP contribution in [0.4, 0.5) is 0 Å². The van der Waals surface area contributed by atoms with Crippen molar-refractivity contribution in [2.24, 2.45) is 5.41 Å². The molecule has 0 unspecified atom stereocenters. The molecule has 0 atom stereocenters. The van der Waals surface area contributed by atoms with Crippen LogP contribution in [-0.2, 0) is 0 Å². The molecule has 0 fully saturated rings. The summed E-state index contributed by atoms with van der Waals surface area (Å²) in [6.45, 7) is 16.8. The zero-order valence-electron chi connectivity index (χ0n) is 8.50. The minimum Gasteiger partial charge on any atom is -0.0776 e. The molecule has 0 saturated carbocycles. The molecule has 0 N–H and O–H groups in total. The van der Waals surface area contributed by atoms with Crippen molar-refractivity contribution in [3.05, 3.63) is 0 Å². The lowest BCUT2D eigenvalue weighted by Gasteiger charge is -2.05. The molecule has 10 heavy (non-hydrogen) atoms. The summed E-state index contributed by atoms with van der Waals surface area (Å²) in [5, 5.41) is 0. The maximum Gasteiger partial charge on any atom is -0.0411 e. The van der Waals surface area contributed by atoms with Gasteiger partial charge >= 0.3 is 0 Å². The van der Waals surface area contributed by atoms with Crippen LogP contribution in [0.1, 0.15) is 62.8 Å². The zero-order valence-corrected chi connectivity index (χ0v) is 8.50. The van der Waals surface area contributed by atoms with Crippen molar-refractivity contribution < 1.29 is 0 Å². The molecule has 0 aliphatic rings. The fourth-order valence-electron chi connectivity index (χ4n) is 0. The molecular weight excluding hydrogens is 120 g/mol. The average molecular weight is 148 g/mol. The Labute approximate surface area is 69.0 Å². The Balaban J connectivity index is -0.0000000315. The van der Waals surface area contributed by atoms with Gasteiger partial charge in [-0.25, -0.2) is 0 Å². The Morgan fingerprint density at radius 1 is 0.600 bits per heavy atom. The second kappa shape index (κ2) is 16.0. The van der Waals surface area contributed by atoms with E-state index in [0.717, 1.165) is 0 Å². The normalized spacial score (nSPS) is 7.20. The second-order valence-corrected chi connectivity index (χ2v) is 3.00. The van der Waals surface area contributed by atoms with Crippen LogP contribution in [0.25, 0.3) is 0 Å². The molecule has 0 amide bonds. The minimum atomic E-state index is 0. The molecule has 0 aliphatic carbocycles. The Morgan fingerprint density at radius 2 is 0.600 bits per heavy atom. The zero-order chi connectivity index (χ0) is 8.50. The third kappa shape index (κ3) is 0. The molecule has 0 radical (unpaired) electrons. The van der Waals surface area contributed by atoms with Gasteiger partial charge in [-0.3, -0.25) is 0 Å². The van der Waals surface area contributed by atoms with Crippen molar-refractivity contribution in [1.82, 2.24) is 0 Å². The standard InChI is InChI=1S/C5H12.2C2H6.CH4/c1-5(2,3)4;2*1-2;/h1-4H3;2*1-2H3;1H4. The lowest BCUT2D eigenvalue weighted by atomic mass is 10.0. The molecule has 0 heteroatoms. The molecule has 0 aliphatic heterocycles. The molecule has 0 aromatic rings. The second-order valence-electron chi connectivity index (χ2n) is 3.00. The molecule has 0 saturated heterocycles. The van der Waals surface area contributed by atoms with Crippen LogP contribution < -0.4 is 0 Å². The van der Waals surface area contributed by atoms with Crippen molar-refractivity contribution in [2.75, 3.05) is 0 Å². The molecule has 68 valence electrons. The van der Waals surface area contributed by atoms with E-state index < -0.39 is 0 Å². The largest absolute Gasteiger partial charge is 0.0776 e. The highest BCUT2D eigenvalue weighted by atomic mass is 14.0. The van der Waals surface area contributed by atoms with Crippen LogP contribution in [0.3, 0.4) is 0 Å². The Hall–Kier alpha value is 0. The van der Waals surface area contributed by atoms with Gasteiger partial charge in [0.1, 0.15) is 0 Å². The van der Waals surface area contributed by atoms with Crippen LogP contribution in [0.2, 0.25) is 0 Å². The van der Waals surface area contributed by atoms with Gasteiger partial charge in [0.05, 0.1) is 0 Å². The highest BCUT2D eigenvalue weighted by Crippen LogP contribution is 2.07. The van der Waals surface area contributed by atoms with E-state index >= 15 is 0 Å². The summed E-state index contributed by atoms with van der Waals surface area (Å²) in [6, 6.07) is 0. The fraction of sp³-hybridized carbons (Fsp3) is 1.00. The van der Waals surface area contributed by atoms with Crippen molar-refractivity contribution in [3.8, 4) is 0 Å². The summed E-state index contributed by atoms with van der Waals surface area (Å²) in [5.41, 5.74) is 0.500. The Bertz CT molecular complexity index is 15.5. The fourth-order valence-corrected chi connectivity index (χ4v) is 0. The first-order valence-corrected chi connectivity index (χ1v) is 4.00. The van der Waals surface area contributed by atoms with Gasteiger partial charge in [-0.2, -0.15) is 0 Å². The molecule has 0 bridgehead atoms. The number of rotatable bonds is 0. The summed E-state index contributed by atoms with van der Waals surface area (Å²) in [5.74, 6) is 0. The van der Waals surface area contributed by atoms with E-state index in [1.165, 1.54) is 0 Å². The van der Waals surface area contributed by atoms with Gasteiger partial charge in [-0.05, 0) is 5.41 Å². The smallest absolute Gasteiger partial charge is 0.0411 e. The van der Waals surface area contributed by atoms with Gasteiger partial charge in [0.2, 0.25) is 0 Å². The Morgan fingerprint density at radius 3 is 0.600 bits per heavy atom. The van der Waals surface area contributed by atoms with E-state index in [-0.39, 0.29) is 7.43 Å². The van der Waals surface area contributed by atoms with E-state index in [0.29, 0.717) is 5.41 Å². The molecular formula is C10H28. The molecule has 0 spiro atoms. The SMILES string of the molecule is C.CC.CC.CC(C)(C)C. The highest BCUT2D eigenvalue weighted by Gasteiger charge is 1.95. The maximum atomic E-state index is 2.19. The minimum absolute atomic E-state index is 0. The first-order valence-electron chi connectivity index (χ1n) is 4.00. The maximum absolute atomic E-state index is 2.19. The molecule has 0 aromatic heterocycles. The monoisotopic (exact) mass is 148 g/mol. The van der Waals surface area contributed by atoms with Gasteiger partial charge < -0.3 is 0 Å². The van der Waals surface area contributed by atoms with Crippen LogP contribution >= 0.6 is 0 Å². The van der Waals surface area contributed by atoms with Crippen LogP contribution in [-0.4, -0.2) is 0 Å². The van der Waals surface area contributed by atoms with E-state index in [4.69, 9.17) is 0 Å². The van der Waals surface area contributed by atoms with Gasteiger partial charge in [-0.1, -0.05) is 62.8 Å². The molecule has 0 rings (SSSR count). The molecule has 0 aromatic carbocycles. The van der Waals surface area contributed by atoms with Crippen molar-refractivity contribution >= 4 is 0 Å². The summed E-state index contributed by atoms with van der Waals surface area (Å²) in [4.78, 5) is 0. The van der Waals surface area contributed by atoms with E-state index in [1.54, 1.807) is 0 Å². The molecule has 0 nitrogen and oxygen atoms in total. The van der Waals surface area contributed by atoms with E-state index in [1.807, 2.05) is 27.7 Å². The average Bonchev–Trinajstić information content (AvgIpc) is 1.72. The number of hydrogen-bond donors (Lipinski definition) is 0. The third-order valence-corrected chi connectivity index (χ3v) is 0. The van der Waals surface area contributed by atoms with E-state index in [2.05, 4.69) is 27.7 Å². The van der Waals surface area contributed by atoms with Gasteiger partial charge in [0.25, 0.3) is 0 Å². The van der Waals surface area contributed by atoms with Crippen LogP contribution in [0.15, 0.2) is 0 Å². The van der Waals surface area contributed by atoms with Gasteiger partial charge in [0.15, 0.2) is 0 Å². The van der Waals surface area contributed by atoms with E-state index in [9.17, 15) is 0 Å². The van der Waals surface area contributed by atoms with Crippen LogP contribution in [0.5, 0.6) is 0 Å². The van der Waals surface area contributed by atoms with Crippen molar-refractivity contribution in [1.29, 1.82) is 0 Å². The predicted octanol–water partition coefficient (Wildman–Crippen LogP) is 4.74. The quantitative estimate of drug-likeness (QED) is 0.465. The summed E-state index contributed by atoms with van der Waals surface area (Å²) >= 11 is 0. The van der Waals surface area contributed by atoms with Crippen LogP contribution in [0, 0.1) is 5.41 Å². The topological polar surface area (TPSA) is 0 Å². The van der Waals surface area contributed by atoms with Gasteiger partial charge in [0, 0.05) is 0 Å². The summed E-state index contributed by atoms with van der Waals surface area (Å²) in [7, 11) is 0. The third-order valence-electron chi connectivity index (χ3n) is 0. The summed E-state index contributed by atoms with van der Waals surface area (Å²) < 4.78 is 0. The van der Waals surface area contributed by atoms with Gasteiger partial charge in [-0.15, -0.1) is 0 Å². The highest BCUT2D eigenvalue weighted by molar-refractivity contribution is 4.47. The number of hydrogen-bond acceptors (Lipinski definition) is 0. The van der Waals surface area contributed by atoms with Crippen molar-refractivity contribution in [2.45, 2.75) is 62.8 Å². The predicted molar refractivity (Wildman–Crippen MR) is 54.6 cm³/mol. The first-order chi connectivity index (χ1) is 4.00. The summed E-state index contributed by atoms with van der Waals surface area (Å²) in [6.07, 6.45) is 0.